The molecule has 0 spiro atoms. The highest BCUT2D eigenvalue weighted by atomic mass is 15.2. The summed E-state index contributed by atoms with van der Waals surface area (Å²) >= 11 is 0. The van der Waals surface area contributed by atoms with E-state index in [0.717, 1.165) is 17.1 Å². The quantitative estimate of drug-likeness (QED) is 0.161. The Morgan fingerprint density at radius 3 is 1.46 bits per heavy atom. The van der Waals surface area contributed by atoms with Crippen molar-refractivity contribution in [1.29, 1.82) is 0 Å². The van der Waals surface area contributed by atoms with E-state index in [1.54, 1.807) is 0 Å². The molecule has 0 fully saturated rings. The van der Waals surface area contributed by atoms with Crippen molar-refractivity contribution in [2.24, 2.45) is 0 Å². The Morgan fingerprint density at radius 1 is 0.464 bits per heavy atom. The SMILES string of the molecule is Cc1c(-c2ccccc2)n2c3c(cccc13)B1c3c-2cc(N(c2ccccc2)c2ccccc2)cc3-n2c(-c3ccccc3)c(C)c3cc(C(C)(C)C)cc1c32. The van der Waals surface area contributed by atoms with Crippen molar-refractivity contribution in [1.82, 2.24) is 9.13 Å². The molecule has 0 unspecified atom stereocenters. The Bertz CT molecular complexity index is 2970. The number of fused-ring (bicyclic) bond motifs is 4. The monoisotopic (exact) mass is 719 g/mol. The molecule has 0 saturated carbocycles. The number of aromatic nitrogens is 2. The van der Waals surface area contributed by atoms with E-state index in [1.807, 2.05) is 0 Å². The van der Waals surface area contributed by atoms with E-state index < -0.39 is 0 Å². The minimum atomic E-state index is -0.0249. The van der Waals surface area contributed by atoms with Crippen LogP contribution in [-0.2, 0) is 5.41 Å². The number of nitrogens with zero attached hydrogens (tertiary/aromatic N) is 3. The van der Waals surface area contributed by atoms with Crippen LogP contribution >= 0.6 is 0 Å². The molecule has 9 aromatic rings. The Balaban J connectivity index is 1.36. The van der Waals surface area contributed by atoms with Crippen molar-refractivity contribution in [3.8, 4) is 33.9 Å². The van der Waals surface area contributed by atoms with Crippen LogP contribution in [0, 0.1) is 13.8 Å². The van der Waals surface area contributed by atoms with E-state index in [0.29, 0.717) is 0 Å². The molecule has 2 aliphatic heterocycles. The molecule has 0 radical (unpaired) electrons. The van der Waals surface area contributed by atoms with Gasteiger partial charge in [-0.15, -0.1) is 0 Å². The highest BCUT2D eigenvalue weighted by molar-refractivity contribution is 7.00. The average Bonchev–Trinajstić information content (AvgIpc) is 3.70. The minimum Gasteiger partial charge on any atom is -0.310 e. The number of aryl methyl sites for hydroxylation is 2. The summed E-state index contributed by atoms with van der Waals surface area (Å²) in [5.74, 6) is 0. The Morgan fingerprint density at radius 2 is 0.946 bits per heavy atom. The lowest BCUT2D eigenvalue weighted by molar-refractivity contribution is 0.591. The summed E-state index contributed by atoms with van der Waals surface area (Å²) in [6, 6.07) is 60.7. The Labute approximate surface area is 329 Å². The lowest BCUT2D eigenvalue weighted by atomic mass is 9.34. The molecule has 0 bridgehead atoms. The van der Waals surface area contributed by atoms with Crippen LogP contribution in [0.2, 0.25) is 0 Å². The normalized spacial score (nSPS) is 12.7. The van der Waals surface area contributed by atoms with E-state index >= 15 is 0 Å². The summed E-state index contributed by atoms with van der Waals surface area (Å²) in [6.07, 6.45) is 0. The predicted molar refractivity (Wildman–Crippen MR) is 238 cm³/mol. The summed E-state index contributed by atoms with van der Waals surface area (Å²) in [4.78, 5) is 2.43. The molecular weight excluding hydrogens is 677 g/mol. The van der Waals surface area contributed by atoms with Crippen LogP contribution in [-0.4, -0.2) is 15.8 Å². The second kappa shape index (κ2) is 12.0. The molecular formula is C52H42BN3. The highest BCUT2D eigenvalue weighted by Gasteiger charge is 2.43. The lowest BCUT2D eigenvalue weighted by Gasteiger charge is -2.37. The summed E-state index contributed by atoms with van der Waals surface area (Å²) in [5, 5.41) is 2.65. The second-order valence-corrected chi connectivity index (χ2v) is 16.6. The predicted octanol–water partition coefficient (Wildman–Crippen LogP) is 11.4. The highest BCUT2D eigenvalue weighted by Crippen LogP contribution is 2.45. The number of hydrogen-bond donors (Lipinski definition) is 0. The molecule has 7 aromatic carbocycles. The van der Waals surface area contributed by atoms with Crippen molar-refractivity contribution in [2.45, 2.75) is 40.0 Å². The van der Waals surface area contributed by atoms with Crippen LogP contribution in [0.4, 0.5) is 17.1 Å². The van der Waals surface area contributed by atoms with Gasteiger partial charge >= 0.3 is 0 Å². The molecule has 0 saturated heterocycles. The third-order valence-electron chi connectivity index (χ3n) is 12.4. The summed E-state index contributed by atoms with van der Waals surface area (Å²) in [5.41, 5.74) is 21.5. The molecule has 11 rings (SSSR count). The first-order valence-corrected chi connectivity index (χ1v) is 19.8. The molecule has 268 valence electrons. The summed E-state index contributed by atoms with van der Waals surface area (Å²) < 4.78 is 5.23. The fourth-order valence-corrected chi connectivity index (χ4v) is 9.85. The van der Waals surface area contributed by atoms with Crippen LogP contribution in [0.5, 0.6) is 0 Å². The van der Waals surface area contributed by atoms with Crippen LogP contribution in [0.15, 0.2) is 164 Å². The first kappa shape index (κ1) is 32.9. The van der Waals surface area contributed by atoms with Crippen molar-refractivity contribution in [3.05, 3.63) is 180 Å². The molecule has 0 N–H and O–H groups in total. The topological polar surface area (TPSA) is 13.1 Å². The molecule has 2 aromatic heterocycles. The van der Waals surface area contributed by atoms with Crippen molar-refractivity contribution in [2.75, 3.05) is 4.90 Å². The number of benzene rings is 7. The van der Waals surface area contributed by atoms with Crippen molar-refractivity contribution in [3.63, 3.8) is 0 Å². The smallest absolute Gasteiger partial charge is 0.252 e. The third kappa shape index (κ3) is 4.59. The minimum absolute atomic E-state index is 0.0249. The molecule has 0 amide bonds. The number of para-hydroxylation sites is 3. The van der Waals surface area contributed by atoms with Gasteiger partial charge < -0.3 is 14.0 Å². The number of hydrogen-bond acceptors (Lipinski definition) is 1. The van der Waals surface area contributed by atoms with Gasteiger partial charge in [-0.3, -0.25) is 0 Å². The second-order valence-electron chi connectivity index (χ2n) is 16.6. The van der Waals surface area contributed by atoms with Gasteiger partial charge in [0.25, 0.3) is 6.71 Å². The molecule has 2 aliphatic rings. The molecule has 4 heteroatoms. The van der Waals surface area contributed by atoms with Gasteiger partial charge in [-0.05, 0) is 106 Å². The zero-order valence-electron chi connectivity index (χ0n) is 32.5. The number of anilines is 3. The lowest BCUT2D eigenvalue weighted by Crippen LogP contribution is -2.59. The van der Waals surface area contributed by atoms with E-state index in [-0.39, 0.29) is 12.1 Å². The van der Waals surface area contributed by atoms with Crippen molar-refractivity contribution >= 4 is 62.0 Å². The van der Waals surface area contributed by atoms with Gasteiger partial charge in [0.2, 0.25) is 0 Å². The third-order valence-corrected chi connectivity index (χ3v) is 12.4. The molecule has 4 heterocycles. The summed E-state index contributed by atoms with van der Waals surface area (Å²) in [7, 11) is 0. The zero-order valence-corrected chi connectivity index (χ0v) is 32.5. The maximum atomic E-state index is 2.62. The number of rotatable bonds is 5. The molecule has 0 aliphatic carbocycles. The van der Waals surface area contributed by atoms with Gasteiger partial charge in [0.1, 0.15) is 0 Å². The van der Waals surface area contributed by atoms with Crippen LogP contribution < -0.4 is 21.3 Å². The zero-order chi connectivity index (χ0) is 37.9. The van der Waals surface area contributed by atoms with E-state index in [9.17, 15) is 0 Å². The standard InChI is InChI=1S/C52H42BN3/c1-33-41-27-18-28-43-50(41)55(48(33)35-19-10-6-11-20-35)45-31-40(54(38-23-14-8-15-24-38)39-25-16-9-17-26-39)32-46-47(45)53(43)44-30-37(52(3,4)5)29-42-34(2)49(56(46)51(42)44)36-21-12-7-13-22-36/h6-32H,1-5H3. The van der Waals surface area contributed by atoms with Crippen molar-refractivity contribution < 1.29 is 0 Å². The van der Waals surface area contributed by atoms with E-state index in [1.165, 1.54) is 88.8 Å². The van der Waals surface area contributed by atoms with Gasteiger partial charge in [0.05, 0.1) is 17.1 Å². The fraction of sp³-hybridized carbons (Fsp3) is 0.115. The molecule has 56 heavy (non-hydrogen) atoms. The van der Waals surface area contributed by atoms with E-state index in [4.69, 9.17) is 0 Å². The van der Waals surface area contributed by atoms with Gasteiger partial charge in [0.15, 0.2) is 0 Å². The van der Waals surface area contributed by atoms with Gasteiger partial charge in [0, 0.05) is 44.6 Å². The average molecular weight is 720 g/mol. The Hall–Kier alpha value is -6.52. The Kier molecular flexibility index (Phi) is 7.04. The van der Waals surface area contributed by atoms with E-state index in [2.05, 4.69) is 212 Å². The van der Waals surface area contributed by atoms with Gasteiger partial charge in [-0.2, -0.15) is 0 Å². The van der Waals surface area contributed by atoms with Gasteiger partial charge in [-0.1, -0.05) is 142 Å². The molecule has 3 nitrogen and oxygen atoms in total. The molecule has 0 atom stereocenters. The largest absolute Gasteiger partial charge is 0.310 e. The van der Waals surface area contributed by atoms with Crippen LogP contribution in [0.1, 0.15) is 37.5 Å². The van der Waals surface area contributed by atoms with Gasteiger partial charge in [-0.25, -0.2) is 0 Å². The first-order valence-electron chi connectivity index (χ1n) is 19.8. The maximum Gasteiger partial charge on any atom is 0.252 e. The van der Waals surface area contributed by atoms with Crippen LogP contribution in [0.3, 0.4) is 0 Å². The summed E-state index contributed by atoms with van der Waals surface area (Å²) in [6.45, 7) is 11.8. The van der Waals surface area contributed by atoms with Crippen LogP contribution in [0.25, 0.3) is 55.7 Å². The maximum absolute atomic E-state index is 2.62. The fourth-order valence-electron chi connectivity index (χ4n) is 9.85. The first-order chi connectivity index (χ1) is 27.3.